The van der Waals surface area contributed by atoms with Crippen LogP contribution in [0.1, 0.15) is 71.6 Å². The van der Waals surface area contributed by atoms with Crippen molar-refractivity contribution >= 4 is 5.97 Å². The summed E-state index contributed by atoms with van der Waals surface area (Å²) in [7, 11) is 1.53. The minimum atomic E-state index is -0.611. The molecule has 0 aliphatic heterocycles. The van der Waals surface area contributed by atoms with Gasteiger partial charge < -0.3 is 9.84 Å². The molecule has 2 bridgehead atoms. The summed E-state index contributed by atoms with van der Waals surface area (Å²) in [5.74, 6) is 0.993. The molecule has 134 valence electrons. The molecular formula is C21H32O3. The maximum atomic E-state index is 12.6. The Bertz CT molecular complexity index is 598. The lowest BCUT2D eigenvalue weighted by Gasteiger charge is -2.63. The second kappa shape index (κ2) is 4.87. The Morgan fingerprint density at radius 2 is 1.88 bits per heavy atom. The third-order valence-corrected chi connectivity index (χ3v) is 8.81. The van der Waals surface area contributed by atoms with E-state index in [2.05, 4.69) is 20.4 Å². The predicted molar refractivity (Wildman–Crippen MR) is 93.3 cm³/mol. The Labute approximate surface area is 145 Å². The van der Waals surface area contributed by atoms with Gasteiger partial charge in [-0.15, -0.1) is 0 Å². The number of hydrogen-bond donors (Lipinski definition) is 1. The van der Waals surface area contributed by atoms with Crippen molar-refractivity contribution in [2.24, 2.45) is 28.1 Å². The second-order valence-electron chi connectivity index (χ2n) is 9.80. The minimum Gasteiger partial charge on any atom is -0.469 e. The molecule has 1 spiro atoms. The standard InChI is InChI=1S/C21H32O3/c1-14-12-20-10-6-15-18(2,16(20)7-11-21(14,23)13-20)8-5-9-19(15,3)17(22)24-4/h15-16,23H,1,5-13H2,2-4H3. The van der Waals surface area contributed by atoms with E-state index >= 15 is 0 Å². The molecule has 4 aliphatic carbocycles. The number of carbonyl (C=O) groups excluding carboxylic acids is 1. The summed E-state index contributed by atoms with van der Waals surface area (Å²) in [6, 6.07) is 0. The Morgan fingerprint density at radius 3 is 2.58 bits per heavy atom. The van der Waals surface area contributed by atoms with E-state index in [1.807, 2.05) is 0 Å². The SMILES string of the molecule is C=C1CC23CCC4C(C)(C(=O)OC)CCCC4(C)C2CCC1(O)C3. The zero-order valence-electron chi connectivity index (χ0n) is 15.5. The van der Waals surface area contributed by atoms with Crippen LogP contribution >= 0.6 is 0 Å². The molecule has 0 saturated heterocycles. The maximum absolute atomic E-state index is 12.6. The van der Waals surface area contributed by atoms with Crippen molar-refractivity contribution in [2.45, 2.75) is 77.2 Å². The van der Waals surface area contributed by atoms with E-state index in [0.29, 0.717) is 11.8 Å². The van der Waals surface area contributed by atoms with E-state index in [0.717, 1.165) is 56.9 Å². The lowest BCUT2D eigenvalue weighted by atomic mass is 9.41. The van der Waals surface area contributed by atoms with Gasteiger partial charge in [-0.3, -0.25) is 4.79 Å². The van der Waals surface area contributed by atoms with Gasteiger partial charge in [0.25, 0.3) is 0 Å². The molecule has 0 aromatic carbocycles. The smallest absolute Gasteiger partial charge is 0.311 e. The maximum Gasteiger partial charge on any atom is 0.311 e. The largest absolute Gasteiger partial charge is 0.469 e. The van der Waals surface area contributed by atoms with Crippen molar-refractivity contribution in [1.29, 1.82) is 0 Å². The molecule has 3 nitrogen and oxygen atoms in total. The van der Waals surface area contributed by atoms with Gasteiger partial charge in [-0.2, -0.15) is 0 Å². The monoisotopic (exact) mass is 332 g/mol. The first-order valence-electron chi connectivity index (χ1n) is 9.69. The summed E-state index contributed by atoms with van der Waals surface area (Å²) in [4.78, 5) is 12.6. The average Bonchev–Trinajstić information content (AvgIpc) is 2.70. The van der Waals surface area contributed by atoms with E-state index < -0.39 is 5.60 Å². The fourth-order valence-corrected chi connectivity index (χ4v) is 7.83. The van der Waals surface area contributed by atoms with E-state index in [-0.39, 0.29) is 22.2 Å². The molecule has 0 amide bonds. The molecule has 4 aliphatic rings. The van der Waals surface area contributed by atoms with Crippen LogP contribution in [0.25, 0.3) is 0 Å². The number of rotatable bonds is 1. The predicted octanol–water partition coefficient (Wildman–Crippen LogP) is 4.24. The average molecular weight is 332 g/mol. The number of aliphatic hydroxyl groups is 1. The van der Waals surface area contributed by atoms with Crippen LogP contribution in [0.4, 0.5) is 0 Å². The second-order valence-corrected chi connectivity index (χ2v) is 9.80. The summed E-state index contributed by atoms with van der Waals surface area (Å²) in [6.45, 7) is 8.81. The molecule has 6 atom stereocenters. The number of fused-ring (bicyclic) bond motifs is 3. The highest BCUT2D eigenvalue weighted by Crippen LogP contribution is 2.72. The third-order valence-electron chi connectivity index (χ3n) is 8.81. The summed E-state index contributed by atoms with van der Waals surface area (Å²) in [5.41, 5.74) is 0.528. The molecule has 0 radical (unpaired) electrons. The lowest BCUT2D eigenvalue weighted by molar-refractivity contribution is -0.188. The highest BCUT2D eigenvalue weighted by Gasteiger charge is 2.67. The molecule has 4 saturated carbocycles. The number of methoxy groups -OCH3 is 1. The van der Waals surface area contributed by atoms with Gasteiger partial charge in [-0.1, -0.05) is 19.9 Å². The van der Waals surface area contributed by atoms with Crippen molar-refractivity contribution in [3.63, 3.8) is 0 Å². The Hall–Kier alpha value is -0.830. The van der Waals surface area contributed by atoms with Crippen molar-refractivity contribution in [2.75, 3.05) is 7.11 Å². The van der Waals surface area contributed by atoms with Crippen LogP contribution in [-0.2, 0) is 9.53 Å². The summed E-state index contributed by atoms with van der Waals surface area (Å²) in [6.07, 6.45) is 9.32. The van der Waals surface area contributed by atoms with E-state index in [9.17, 15) is 9.90 Å². The lowest BCUT2D eigenvalue weighted by Crippen LogP contribution is -2.59. The molecule has 3 heteroatoms. The number of hydrogen-bond acceptors (Lipinski definition) is 3. The van der Waals surface area contributed by atoms with Crippen LogP contribution in [0.15, 0.2) is 12.2 Å². The van der Waals surface area contributed by atoms with E-state index in [1.165, 1.54) is 13.5 Å². The fourth-order valence-electron chi connectivity index (χ4n) is 7.83. The van der Waals surface area contributed by atoms with Gasteiger partial charge >= 0.3 is 5.97 Å². The number of carbonyl (C=O) groups is 1. The van der Waals surface area contributed by atoms with Gasteiger partial charge in [0.1, 0.15) is 0 Å². The summed E-state index contributed by atoms with van der Waals surface area (Å²) < 4.78 is 5.22. The van der Waals surface area contributed by atoms with Crippen LogP contribution < -0.4 is 0 Å². The van der Waals surface area contributed by atoms with Crippen molar-refractivity contribution < 1.29 is 14.6 Å². The first kappa shape index (κ1) is 16.6. The highest BCUT2D eigenvalue weighted by atomic mass is 16.5. The van der Waals surface area contributed by atoms with E-state index in [1.54, 1.807) is 0 Å². The molecule has 0 aromatic rings. The quantitative estimate of drug-likeness (QED) is 0.577. The molecule has 4 rings (SSSR count). The first-order valence-corrected chi connectivity index (χ1v) is 9.69. The van der Waals surface area contributed by atoms with Gasteiger partial charge in [-0.25, -0.2) is 0 Å². The van der Waals surface area contributed by atoms with Crippen LogP contribution in [0.2, 0.25) is 0 Å². The van der Waals surface area contributed by atoms with Crippen LogP contribution in [0, 0.1) is 28.1 Å². The van der Waals surface area contributed by atoms with Gasteiger partial charge in [0, 0.05) is 0 Å². The fraction of sp³-hybridized carbons (Fsp3) is 0.857. The van der Waals surface area contributed by atoms with Crippen LogP contribution in [0.5, 0.6) is 0 Å². The Morgan fingerprint density at radius 1 is 1.17 bits per heavy atom. The molecule has 0 aromatic heterocycles. The molecular weight excluding hydrogens is 300 g/mol. The van der Waals surface area contributed by atoms with Crippen molar-refractivity contribution in [3.05, 3.63) is 12.2 Å². The first-order chi connectivity index (χ1) is 11.2. The zero-order valence-corrected chi connectivity index (χ0v) is 15.5. The topological polar surface area (TPSA) is 46.5 Å². The molecule has 6 unspecified atom stereocenters. The highest BCUT2D eigenvalue weighted by molar-refractivity contribution is 5.77. The van der Waals surface area contributed by atoms with Gasteiger partial charge in [0.15, 0.2) is 0 Å². The zero-order chi connectivity index (χ0) is 17.4. The Kier molecular flexibility index (Phi) is 3.37. The molecule has 24 heavy (non-hydrogen) atoms. The van der Waals surface area contributed by atoms with Crippen molar-refractivity contribution in [3.8, 4) is 0 Å². The van der Waals surface area contributed by atoms with E-state index in [4.69, 9.17) is 4.74 Å². The van der Waals surface area contributed by atoms with Crippen LogP contribution in [0.3, 0.4) is 0 Å². The van der Waals surface area contributed by atoms with Crippen LogP contribution in [-0.4, -0.2) is 23.8 Å². The minimum absolute atomic E-state index is 0.0162. The van der Waals surface area contributed by atoms with Crippen molar-refractivity contribution in [1.82, 2.24) is 0 Å². The Balaban J connectivity index is 1.74. The van der Waals surface area contributed by atoms with Gasteiger partial charge in [-0.05, 0) is 86.5 Å². The number of ether oxygens (including phenoxy) is 1. The van der Waals surface area contributed by atoms with Gasteiger partial charge in [0.2, 0.25) is 0 Å². The molecule has 1 N–H and O–H groups in total. The third kappa shape index (κ3) is 1.85. The molecule has 4 fully saturated rings. The summed E-state index contributed by atoms with van der Waals surface area (Å²) >= 11 is 0. The number of esters is 1. The molecule has 0 heterocycles. The van der Waals surface area contributed by atoms with Gasteiger partial charge in [0.05, 0.1) is 18.1 Å². The summed E-state index contributed by atoms with van der Waals surface area (Å²) in [5, 5.41) is 11.0. The normalized spacial score (nSPS) is 53.2.